The molecule has 4 fully saturated rings. The summed E-state index contributed by atoms with van der Waals surface area (Å²) in [5.41, 5.74) is 0.197. The van der Waals surface area contributed by atoms with Crippen molar-refractivity contribution in [3.63, 3.8) is 0 Å². The molecule has 0 aromatic heterocycles. The summed E-state index contributed by atoms with van der Waals surface area (Å²) in [5.74, 6) is 1.40. The highest BCUT2D eigenvalue weighted by molar-refractivity contribution is 5.70. The van der Waals surface area contributed by atoms with Gasteiger partial charge in [0, 0.05) is 11.8 Å². The Morgan fingerprint density at radius 1 is 1.21 bits per heavy atom. The fraction of sp³-hybridized carbons (Fsp3) is 0.933. The van der Waals surface area contributed by atoms with Crippen LogP contribution in [0.1, 0.15) is 39.0 Å². The van der Waals surface area contributed by atoms with Crippen LogP contribution in [-0.2, 0) is 19.0 Å². The smallest absolute Gasteiger partial charge is 0.306 e. The van der Waals surface area contributed by atoms with Gasteiger partial charge in [-0.3, -0.25) is 4.79 Å². The van der Waals surface area contributed by atoms with Crippen LogP contribution in [0.3, 0.4) is 0 Å². The topological polar surface area (TPSA) is 44.8 Å². The summed E-state index contributed by atoms with van der Waals surface area (Å²) in [6.45, 7) is 3.85. The van der Waals surface area contributed by atoms with E-state index in [1.165, 1.54) is 0 Å². The summed E-state index contributed by atoms with van der Waals surface area (Å²) < 4.78 is 17.1. The zero-order valence-corrected chi connectivity index (χ0v) is 11.5. The number of hydrogen-bond acceptors (Lipinski definition) is 4. The van der Waals surface area contributed by atoms with Crippen LogP contribution in [0, 0.1) is 23.2 Å². The van der Waals surface area contributed by atoms with Gasteiger partial charge in [0.25, 0.3) is 0 Å². The molecule has 0 N–H and O–H groups in total. The van der Waals surface area contributed by atoms with E-state index in [-0.39, 0.29) is 17.2 Å². The molecule has 4 aliphatic rings. The lowest BCUT2D eigenvalue weighted by molar-refractivity contribution is -0.312. The molecule has 0 aromatic rings. The molecule has 3 saturated carbocycles. The minimum Gasteiger partial charge on any atom is -0.466 e. The van der Waals surface area contributed by atoms with Gasteiger partial charge in [-0.25, -0.2) is 0 Å². The quantitative estimate of drug-likeness (QED) is 0.734. The summed E-state index contributed by atoms with van der Waals surface area (Å²) in [6.07, 6.45) is 5.20. The van der Waals surface area contributed by atoms with Gasteiger partial charge >= 0.3 is 5.97 Å². The lowest BCUT2D eigenvalue weighted by Gasteiger charge is -2.55. The highest BCUT2D eigenvalue weighted by atomic mass is 16.7. The predicted molar refractivity (Wildman–Crippen MR) is 67.3 cm³/mol. The Bertz CT molecular complexity index is 381. The first-order valence-electron chi connectivity index (χ1n) is 7.65. The SMILES string of the molecule is CCOC(=O)C[C@]12CC[C@@H]3[C@H]1[C@H](CC2)C31OCCO1. The third kappa shape index (κ3) is 1.39. The number of esters is 1. The van der Waals surface area contributed by atoms with Crippen LogP contribution in [0.5, 0.6) is 0 Å². The Balaban J connectivity index is 1.55. The Morgan fingerprint density at radius 2 is 1.84 bits per heavy atom. The largest absolute Gasteiger partial charge is 0.466 e. The lowest BCUT2D eigenvalue weighted by Crippen LogP contribution is -2.61. The van der Waals surface area contributed by atoms with Crippen molar-refractivity contribution in [1.82, 2.24) is 0 Å². The molecule has 106 valence electrons. The third-order valence-corrected chi connectivity index (χ3v) is 6.05. The minimum atomic E-state index is -0.266. The molecule has 4 heteroatoms. The maximum absolute atomic E-state index is 11.9. The lowest BCUT2D eigenvalue weighted by atomic mass is 9.58. The summed E-state index contributed by atoms with van der Waals surface area (Å²) in [4.78, 5) is 11.9. The monoisotopic (exact) mass is 266 g/mol. The second-order valence-corrected chi connectivity index (χ2v) is 6.58. The van der Waals surface area contributed by atoms with Gasteiger partial charge in [-0.15, -0.1) is 0 Å². The van der Waals surface area contributed by atoms with Crippen molar-refractivity contribution >= 4 is 5.97 Å². The van der Waals surface area contributed by atoms with Gasteiger partial charge in [0.2, 0.25) is 0 Å². The Morgan fingerprint density at radius 3 is 2.42 bits per heavy atom. The highest BCUT2D eigenvalue weighted by Crippen LogP contribution is 2.74. The Labute approximate surface area is 113 Å². The van der Waals surface area contributed by atoms with E-state index in [1.807, 2.05) is 6.92 Å². The number of ether oxygens (including phenoxy) is 3. The average Bonchev–Trinajstić information content (AvgIpc) is 2.98. The van der Waals surface area contributed by atoms with E-state index in [0.717, 1.165) is 38.9 Å². The molecule has 1 heterocycles. The maximum Gasteiger partial charge on any atom is 0.306 e. The van der Waals surface area contributed by atoms with Gasteiger partial charge in [0.15, 0.2) is 5.79 Å². The van der Waals surface area contributed by atoms with E-state index in [0.29, 0.717) is 30.8 Å². The molecule has 3 aliphatic carbocycles. The van der Waals surface area contributed by atoms with Crippen molar-refractivity contribution in [3.05, 3.63) is 0 Å². The van der Waals surface area contributed by atoms with E-state index in [9.17, 15) is 4.79 Å². The second-order valence-electron chi connectivity index (χ2n) is 6.58. The van der Waals surface area contributed by atoms with Crippen molar-refractivity contribution in [2.24, 2.45) is 23.2 Å². The number of hydrogen-bond donors (Lipinski definition) is 0. The molecule has 1 saturated heterocycles. The van der Waals surface area contributed by atoms with E-state index in [2.05, 4.69) is 0 Å². The number of carbonyl (C=O) groups excluding carboxylic acids is 1. The van der Waals surface area contributed by atoms with Crippen LogP contribution < -0.4 is 0 Å². The third-order valence-electron chi connectivity index (χ3n) is 6.05. The van der Waals surface area contributed by atoms with Gasteiger partial charge in [-0.2, -0.15) is 0 Å². The summed E-state index contributed by atoms with van der Waals surface area (Å²) in [5, 5.41) is 0. The first-order valence-corrected chi connectivity index (χ1v) is 7.65. The van der Waals surface area contributed by atoms with Crippen LogP contribution in [0.15, 0.2) is 0 Å². The summed E-state index contributed by atoms with van der Waals surface area (Å²) in [6, 6.07) is 0. The van der Waals surface area contributed by atoms with Crippen molar-refractivity contribution < 1.29 is 19.0 Å². The molecule has 0 bridgehead atoms. The molecule has 0 amide bonds. The van der Waals surface area contributed by atoms with Crippen LogP contribution >= 0.6 is 0 Å². The molecule has 4 nitrogen and oxygen atoms in total. The van der Waals surface area contributed by atoms with Crippen molar-refractivity contribution in [2.45, 2.75) is 44.8 Å². The van der Waals surface area contributed by atoms with E-state index in [1.54, 1.807) is 0 Å². The van der Waals surface area contributed by atoms with Crippen LogP contribution in [-0.4, -0.2) is 31.6 Å². The van der Waals surface area contributed by atoms with Gasteiger partial charge in [0.1, 0.15) is 0 Å². The first kappa shape index (κ1) is 12.2. The fourth-order valence-corrected chi connectivity index (χ4v) is 5.56. The van der Waals surface area contributed by atoms with E-state index in [4.69, 9.17) is 14.2 Å². The van der Waals surface area contributed by atoms with Crippen LogP contribution in [0.2, 0.25) is 0 Å². The fourth-order valence-electron chi connectivity index (χ4n) is 5.56. The molecule has 0 aromatic carbocycles. The second kappa shape index (κ2) is 3.95. The molecular weight excluding hydrogens is 244 g/mol. The normalized spacial score (nSPS) is 45.2. The van der Waals surface area contributed by atoms with Gasteiger partial charge in [-0.05, 0) is 43.9 Å². The zero-order valence-electron chi connectivity index (χ0n) is 11.5. The molecule has 0 radical (unpaired) electrons. The molecule has 1 spiro atoms. The standard InChI is InChI=1S/C15H22O4/c1-2-17-12(16)9-14-5-3-10-13(14)11(4-6-14)15(10)18-7-8-19-15/h10-11,13H,2-9H2,1H3/t10-,11+,13+,14-. The molecule has 0 unspecified atom stereocenters. The Kier molecular flexibility index (Phi) is 2.53. The Hall–Kier alpha value is -0.610. The highest BCUT2D eigenvalue weighted by Gasteiger charge is 2.75. The number of rotatable bonds is 3. The summed E-state index contributed by atoms with van der Waals surface area (Å²) >= 11 is 0. The zero-order chi connectivity index (χ0) is 13.1. The van der Waals surface area contributed by atoms with E-state index < -0.39 is 0 Å². The van der Waals surface area contributed by atoms with E-state index >= 15 is 0 Å². The molecular formula is C15H22O4. The van der Waals surface area contributed by atoms with Crippen molar-refractivity contribution in [1.29, 1.82) is 0 Å². The molecule has 4 rings (SSSR count). The van der Waals surface area contributed by atoms with Gasteiger partial charge in [0.05, 0.1) is 26.2 Å². The number of carbonyl (C=O) groups is 1. The predicted octanol–water partition coefficient (Wildman–Crippen LogP) is 2.12. The van der Waals surface area contributed by atoms with Crippen molar-refractivity contribution in [3.8, 4) is 0 Å². The molecule has 1 aliphatic heterocycles. The first-order chi connectivity index (χ1) is 9.22. The average molecular weight is 266 g/mol. The van der Waals surface area contributed by atoms with Crippen molar-refractivity contribution in [2.75, 3.05) is 19.8 Å². The summed E-state index contributed by atoms with van der Waals surface area (Å²) in [7, 11) is 0. The minimum absolute atomic E-state index is 0.0157. The van der Waals surface area contributed by atoms with Crippen LogP contribution in [0.25, 0.3) is 0 Å². The number of fused-ring (bicyclic) bond motifs is 2. The maximum atomic E-state index is 11.9. The van der Waals surface area contributed by atoms with Gasteiger partial charge in [-0.1, -0.05) is 0 Å². The molecule has 19 heavy (non-hydrogen) atoms. The molecule has 4 atom stereocenters. The van der Waals surface area contributed by atoms with Gasteiger partial charge < -0.3 is 14.2 Å². The van der Waals surface area contributed by atoms with Crippen LogP contribution in [0.4, 0.5) is 0 Å².